The fraction of sp³-hybridized carbons (Fsp3) is 0.208. The number of hydrogen-bond donors (Lipinski definition) is 2. The summed E-state index contributed by atoms with van der Waals surface area (Å²) in [5, 5.41) is 3.48. The van der Waals surface area contributed by atoms with E-state index in [0.717, 1.165) is 28.0 Å². The van der Waals surface area contributed by atoms with E-state index in [1.165, 1.54) is 12.5 Å². The van der Waals surface area contributed by atoms with Crippen LogP contribution in [0.5, 0.6) is 5.75 Å². The molecule has 0 amide bonds. The van der Waals surface area contributed by atoms with Gasteiger partial charge in [0.25, 0.3) is 0 Å². The maximum absolute atomic E-state index is 11.5. The second-order valence-electron chi connectivity index (χ2n) is 7.54. The second kappa shape index (κ2) is 8.47. The van der Waals surface area contributed by atoms with E-state index in [4.69, 9.17) is 10.5 Å². The molecule has 2 aromatic carbocycles. The van der Waals surface area contributed by atoms with E-state index in [2.05, 4.69) is 40.4 Å². The van der Waals surface area contributed by atoms with Crippen molar-refractivity contribution in [2.75, 3.05) is 11.1 Å². The summed E-state index contributed by atoms with van der Waals surface area (Å²) in [6.07, 6.45) is 0. The lowest BCUT2D eigenvalue weighted by molar-refractivity contribution is -0.131. The molecule has 0 spiro atoms. The van der Waals surface area contributed by atoms with Crippen molar-refractivity contribution in [1.29, 1.82) is 0 Å². The second-order valence-corrected chi connectivity index (χ2v) is 7.54. The number of para-hydroxylation sites is 1. The predicted octanol–water partition coefficient (Wildman–Crippen LogP) is 4.22. The number of carbonyl (C=O) groups is 1. The molecule has 0 bridgehead atoms. The third-order valence-corrected chi connectivity index (χ3v) is 5.10. The molecule has 4 rings (SSSR count). The predicted molar refractivity (Wildman–Crippen MR) is 122 cm³/mol. The summed E-state index contributed by atoms with van der Waals surface area (Å²) in [5.74, 6) is 0.424. The van der Waals surface area contributed by atoms with Gasteiger partial charge in [-0.25, -0.2) is 4.98 Å². The Hall–Kier alpha value is -3.87. The largest absolute Gasteiger partial charge is 0.425 e. The fourth-order valence-corrected chi connectivity index (χ4v) is 3.54. The average molecular weight is 415 g/mol. The lowest BCUT2D eigenvalue weighted by Gasteiger charge is -2.12. The highest BCUT2D eigenvalue weighted by molar-refractivity contribution is 5.79. The van der Waals surface area contributed by atoms with Gasteiger partial charge in [-0.15, -0.1) is 0 Å². The van der Waals surface area contributed by atoms with Crippen molar-refractivity contribution in [3.8, 4) is 5.75 Å². The van der Waals surface area contributed by atoms with Crippen molar-refractivity contribution in [1.82, 2.24) is 14.5 Å². The normalized spacial score (nSPS) is 10.9. The minimum atomic E-state index is -0.389. The molecule has 2 heterocycles. The monoisotopic (exact) mass is 415 g/mol. The number of anilines is 2. The zero-order valence-electron chi connectivity index (χ0n) is 17.8. The van der Waals surface area contributed by atoms with Crippen LogP contribution in [0.25, 0.3) is 11.0 Å². The summed E-state index contributed by atoms with van der Waals surface area (Å²) in [5.41, 5.74) is 12.8. The Kier molecular flexibility index (Phi) is 5.58. The first-order chi connectivity index (χ1) is 14.9. The van der Waals surface area contributed by atoms with Crippen LogP contribution in [0.15, 0.2) is 54.6 Å². The van der Waals surface area contributed by atoms with E-state index in [9.17, 15) is 4.79 Å². The molecule has 158 valence electrons. The van der Waals surface area contributed by atoms with Crippen LogP contribution in [0.3, 0.4) is 0 Å². The Balaban J connectivity index is 1.65. The Bertz CT molecular complexity index is 1260. The molecule has 0 fully saturated rings. The molecular weight excluding hydrogens is 390 g/mol. The first-order valence-electron chi connectivity index (χ1n) is 10.1. The summed E-state index contributed by atoms with van der Waals surface area (Å²) in [7, 11) is 0. The van der Waals surface area contributed by atoms with Crippen molar-refractivity contribution in [2.45, 2.75) is 33.9 Å². The quantitative estimate of drug-likeness (QED) is 0.458. The van der Waals surface area contributed by atoms with Crippen molar-refractivity contribution in [2.24, 2.45) is 0 Å². The number of nitrogen functional groups attached to an aromatic ring is 1. The molecule has 2 aromatic heterocycles. The number of rotatable bonds is 6. The average Bonchev–Trinajstić information content (AvgIpc) is 3.04. The molecule has 31 heavy (non-hydrogen) atoms. The molecule has 7 nitrogen and oxygen atoms in total. The summed E-state index contributed by atoms with van der Waals surface area (Å²) >= 11 is 0. The van der Waals surface area contributed by atoms with Gasteiger partial charge in [-0.2, -0.15) is 0 Å². The maximum atomic E-state index is 11.5. The van der Waals surface area contributed by atoms with E-state index in [1.54, 1.807) is 6.07 Å². The fourth-order valence-electron chi connectivity index (χ4n) is 3.54. The van der Waals surface area contributed by atoms with E-state index >= 15 is 0 Å². The first kappa shape index (κ1) is 20.4. The molecule has 0 saturated carbocycles. The Labute approximate surface area is 180 Å². The number of nitrogens with two attached hydrogens (primary N) is 1. The molecule has 0 atom stereocenters. The number of nitrogens with one attached hydrogen (secondary N) is 1. The number of carbonyl (C=O) groups excluding carboxylic acids is 1. The van der Waals surface area contributed by atoms with E-state index in [1.807, 2.05) is 41.8 Å². The van der Waals surface area contributed by atoms with Gasteiger partial charge in [0.05, 0.1) is 17.6 Å². The Morgan fingerprint density at radius 3 is 2.68 bits per heavy atom. The van der Waals surface area contributed by atoms with Gasteiger partial charge < -0.3 is 20.4 Å². The highest BCUT2D eigenvalue weighted by Crippen LogP contribution is 2.25. The SMILES string of the molecule is CC(=O)Oc1ccc(C)nc1Cn1c(N)nc2ccc(CNc3ccccc3C)cc21. The smallest absolute Gasteiger partial charge is 0.308 e. The maximum Gasteiger partial charge on any atom is 0.308 e. The third-order valence-electron chi connectivity index (χ3n) is 5.10. The Morgan fingerprint density at radius 2 is 1.90 bits per heavy atom. The molecule has 0 radical (unpaired) electrons. The zero-order valence-corrected chi connectivity index (χ0v) is 17.8. The minimum absolute atomic E-state index is 0.349. The zero-order chi connectivity index (χ0) is 22.0. The number of fused-ring (bicyclic) bond motifs is 1. The number of aromatic nitrogens is 3. The van der Waals surface area contributed by atoms with E-state index in [-0.39, 0.29) is 5.97 Å². The van der Waals surface area contributed by atoms with E-state index < -0.39 is 0 Å². The summed E-state index contributed by atoms with van der Waals surface area (Å²) in [6, 6.07) is 17.8. The molecule has 0 saturated heterocycles. The van der Waals surface area contributed by atoms with Crippen molar-refractivity contribution in [3.63, 3.8) is 0 Å². The van der Waals surface area contributed by atoms with Crippen LogP contribution in [0.2, 0.25) is 0 Å². The standard InChI is InChI=1S/C24H25N5O2/c1-15-6-4-5-7-19(15)26-13-18-9-10-20-22(12-18)29(24(25)28-20)14-21-23(31-17(3)30)11-8-16(2)27-21/h4-12,26H,13-14H2,1-3H3,(H2,25,28). The van der Waals surface area contributed by atoms with Crippen LogP contribution in [0.4, 0.5) is 11.6 Å². The van der Waals surface area contributed by atoms with Gasteiger partial charge in [-0.05, 0) is 55.3 Å². The van der Waals surface area contributed by atoms with E-state index in [0.29, 0.717) is 30.5 Å². The van der Waals surface area contributed by atoms with Gasteiger partial charge in [0.2, 0.25) is 5.95 Å². The number of imidazole rings is 1. The number of esters is 1. The lowest BCUT2D eigenvalue weighted by Crippen LogP contribution is -2.11. The number of nitrogens with zero attached hydrogens (tertiary/aromatic N) is 3. The highest BCUT2D eigenvalue weighted by atomic mass is 16.5. The third kappa shape index (κ3) is 4.50. The minimum Gasteiger partial charge on any atom is -0.425 e. The number of aryl methyl sites for hydroxylation is 2. The van der Waals surface area contributed by atoms with Crippen LogP contribution >= 0.6 is 0 Å². The van der Waals surface area contributed by atoms with Gasteiger partial charge >= 0.3 is 5.97 Å². The van der Waals surface area contributed by atoms with Crippen molar-refractivity contribution >= 4 is 28.6 Å². The summed E-state index contributed by atoms with van der Waals surface area (Å²) in [6.45, 7) is 6.37. The van der Waals surface area contributed by atoms with Crippen LogP contribution in [0, 0.1) is 13.8 Å². The topological polar surface area (TPSA) is 95.1 Å². The molecule has 3 N–H and O–H groups in total. The van der Waals surface area contributed by atoms with Crippen LogP contribution in [-0.2, 0) is 17.9 Å². The number of ether oxygens (including phenoxy) is 1. The van der Waals surface area contributed by atoms with Gasteiger partial charge in [-0.3, -0.25) is 9.78 Å². The highest BCUT2D eigenvalue weighted by Gasteiger charge is 2.14. The first-order valence-corrected chi connectivity index (χ1v) is 10.1. The van der Waals surface area contributed by atoms with Crippen LogP contribution in [0.1, 0.15) is 29.4 Å². The molecule has 0 aliphatic carbocycles. The summed E-state index contributed by atoms with van der Waals surface area (Å²) < 4.78 is 7.23. The van der Waals surface area contributed by atoms with Gasteiger partial charge in [0.15, 0.2) is 5.75 Å². The number of pyridine rings is 1. The van der Waals surface area contributed by atoms with Crippen molar-refractivity contribution < 1.29 is 9.53 Å². The molecule has 0 aliphatic heterocycles. The molecule has 0 unspecified atom stereocenters. The van der Waals surface area contributed by atoms with Gasteiger partial charge in [0, 0.05) is 24.8 Å². The molecule has 0 aliphatic rings. The van der Waals surface area contributed by atoms with Crippen LogP contribution in [-0.4, -0.2) is 20.5 Å². The molecule has 4 aromatic rings. The molecule has 7 heteroatoms. The number of hydrogen-bond acceptors (Lipinski definition) is 6. The summed E-state index contributed by atoms with van der Waals surface area (Å²) in [4.78, 5) is 20.5. The van der Waals surface area contributed by atoms with Crippen LogP contribution < -0.4 is 15.8 Å². The lowest BCUT2D eigenvalue weighted by atomic mass is 10.1. The van der Waals surface area contributed by atoms with Gasteiger partial charge in [0.1, 0.15) is 5.69 Å². The van der Waals surface area contributed by atoms with Gasteiger partial charge in [-0.1, -0.05) is 24.3 Å². The molecular formula is C24H25N5O2. The van der Waals surface area contributed by atoms with Crippen molar-refractivity contribution in [3.05, 3.63) is 77.1 Å². The Morgan fingerprint density at radius 1 is 1.10 bits per heavy atom. The number of benzene rings is 2.